The van der Waals surface area contributed by atoms with Crippen LogP contribution in [0.15, 0.2) is 42.1 Å². The van der Waals surface area contributed by atoms with E-state index >= 15 is 0 Å². The number of hydrogen-bond donors (Lipinski definition) is 3. The third-order valence-electron chi connectivity index (χ3n) is 5.24. The van der Waals surface area contributed by atoms with Gasteiger partial charge in [-0.3, -0.25) is 0 Å². The molecule has 4 rings (SSSR count). The average Bonchev–Trinajstić information content (AvgIpc) is 3.03. The Bertz CT molecular complexity index is 1010. The van der Waals surface area contributed by atoms with Gasteiger partial charge >= 0.3 is 11.9 Å². The van der Waals surface area contributed by atoms with Crippen LogP contribution in [0, 0.1) is 0 Å². The summed E-state index contributed by atoms with van der Waals surface area (Å²) in [6, 6.07) is 8.25. The minimum absolute atomic E-state index is 0.177. The van der Waals surface area contributed by atoms with Crippen molar-refractivity contribution in [2.24, 2.45) is 0 Å². The first-order valence-corrected chi connectivity index (χ1v) is 9.31. The van der Waals surface area contributed by atoms with Gasteiger partial charge in [0.05, 0.1) is 11.3 Å². The summed E-state index contributed by atoms with van der Waals surface area (Å²) in [5.41, 5.74) is 4.60. The Morgan fingerprint density at radius 1 is 1.11 bits per heavy atom. The van der Waals surface area contributed by atoms with Crippen LogP contribution in [0.25, 0.3) is 11.1 Å². The summed E-state index contributed by atoms with van der Waals surface area (Å²) in [5.74, 6) is -1.88. The highest BCUT2D eigenvalue weighted by Gasteiger charge is 2.26. The molecule has 1 fully saturated rings. The number of rotatable bonds is 3. The zero-order valence-corrected chi connectivity index (χ0v) is 15.3. The summed E-state index contributed by atoms with van der Waals surface area (Å²) >= 11 is 0. The number of nitrogens with one attached hydrogen (secondary N) is 1. The minimum Gasteiger partial charge on any atom is -0.478 e. The standard InChI is InChI=1S/C21H21N3O4/c25-18(26)11-16(21(27)28)17-12-24-10-7-13-3-1-2-4-15(13)19(20(24)23-17)14-5-8-22-9-6-14/h1-4,11-12,22H,5-10H2,(H,25,26)(H,27,28). The third-order valence-corrected chi connectivity index (χ3v) is 5.24. The van der Waals surface area contributed by atoms with Gasteiger partial charge in [-0.05, 0) is 43.5 Å². The van der Waals surface area contributed by atoms with Crippen LogP contribution in [-0.4, -0.2) is 44.8 Å². The lowest BCUT2D eigenvalue weighted by Gasteiger charge is -2.20. The summed E-state index contributed by atoms with van der Waals surface area (Å²) in [7, 11) is 0. The molecule has 1 saturated heterocycles. The molecule has 2 aromatic rings. The number of fused-ring (bicyclic) bond motifs is 2. The van der Waals surface area contributed by atoms with Gasteiger partial charge in [-0.15, -0.1) is 0 Å². The molecule has 0 unspecified atom stereocenters. The maximum absolute atomic E-state index is 11.6. The normalized spacial score (nSPS) is 16.9. The van der Waals surface area contributed by atoms with Crippen molar-refractivity contribution in [2.75, 3.05) is 13.1 Å². The Morgan fingerprint density at radius 2 is 1.86 bits per heavy atom. The van der Waals surface area contributed by atoms with Crippen molar-refractivity contribution in [3.8, 4) is 0 Å². The van der Waals surface area contributed by atoms with Crippen LogP contribution in [0.3, 0.4) is 0 Å². The Kier molecular flexibility index (Phi) is 4.83. The van der Waals surface area contributed by atoms with Crippen LogP contribution < -0.4 is 5.32 Å². The number of carboxylic acids is 2. The molecule has 0 amide bonds. The van der Waals surface area contributed by atoms with Crippen LogP contribution in [0.1, 0.15) is 35.5 Å². The van der Waals surface area contributed by atoms with Gasteiger partial charge < -0.3 is 20.1 Å². The molecule has 1 aromatic carbocycles. The molecule has 7 heteroatoms. The van der Waals surface area contributed by atoms with Crippen LogP contribution in [0.2, 0.25) is 0 Å². The predicted octanol–water partition coefficient (Wildman–Crippen LogP) is 2.18. The smallest absolute Gasteiger partial charge is 0.338 e. The van der Waals surface area contributed by atoms with Crippen LogP contribution in [-0.2, 0) is 22.6 Å². The molecule has 0 atom stereocenters. The molecule has 28 heavy (non-hydrogen) atoms. The highest BCUT2D eigenvalue weighted by Crippen LogP contribution is 2.36. The zero-order chi connectivity index (χ0) is 19.7. The van der Waals surface area contributed by atoms with E-state index in [4.69, 9.17) is 5.11 Å². The molecule has 0 radical (unpaired) electrons. The largest absolute Gasteiger partial charge is 0.478 e. The lowest BCUT2D eigenvalue weighted by atomic mass is 9.90. The quantitative estimate of drug-likeness (QED) is 0.706. The number of nitrogens with zero attached hydrogens (tertiary/aromatic N) is 2. The molecule has 1 aromatic heterocycles. The van der Waals surface area contributed by atoms with E-state index in [0.717, 1.165) is 49.3 Å². The van der Waals surface area contributed by atoms with Crippen LogP contribution in [0.4, 0.5) is 0 Å². The fourth-order valence-corrected chi connectivity index (χ4v) is 3.96. The number of carbonyl (C=O) groups is 2. The Labute approximate surface area is 162 Å². The highest BCUT2D eigenvalue weighted by atomic mass is 16.4. The lowest BCUT2D eigenvalue weighted by molar-refractivity contribution is -0.133. The summed E-state index contributed by atoms with van der Waals surface area (Å²) in [4.78, 5) is 27.3. The number of aryl methyl sites for hydroxylation is 2. The second-order valence-corrected chi connectivity index (χ2v) is 6.98. The van der Waals surface area contributed by atoms with E-state index in [9.17, 15) is 14.7 Å². The lowest BCUT2D eigenvalue weighted by Crippen LogP contribution is -2.24. The van der Waals surface area contributed by atoms with E-state index in [0.29, 0.717) is 12.6 Å². The average molecular weight is 379 g/mol. The molecule has 0 bridgehead atoms. The molecule has 3 heterocycles. The molecule has 144 valence electrons. The minimum atomic E-state index is -1.30. The Hall–Kier alpha value is -3.19. The van der Waals surface area contributed by atoms with Gasteiger partial charge in [0.25, 0.3) is 0 Å². The van der Waals surface area contributed by atoms with Crippen molar-refractivity contribution in [3.05, 3.63) is 64.8 Å². The monoisotopic (exact) mass is 379 g/mol. The summed E-state index contributed by atoms with van der Waals surface area (Å²) < 4.78 is 1.96. The first-order valence-electron chi connectivity index (χ1n) is 9.31. The fraction of sp³-hybridized carbons (Fsp3) is 0.286. The molecule has 3 N–H and O–H groups in total. The number of imidazole rings is 1. The maximum atomic E-state index is 11.6. The molecular formula is C21H21N3O4. The van der Waals surface area contributed by atoms with Gasteiger partial charge in [-0.25, -0.2) is 14.6 Å². The summed E-state index contributed by atoms with van der Waals surface area (Å²) in [6.07, 6.45) is 4.98. The molecule has 2 aliphatic heterocycles. The molecule has 7 nitrogen and oxygen atoms in total. The second kappa shape index (κ2) is 7.44. The van der Waals surface area contributed by atoms with Crippen molar-refractivity contribution in [1.29, 1.82) is 0 Å². The summed E-state index contributed by atoms with van der Waals surface area (Å²) in [6.45, 7) is 2.45. The van der Waals surface area contributed by atoms with E-state index < -0.39 is 11.9 Å². The molecule has 0 spiro atoms. The van der Waals surface area contributed by atoms with Gasteiger partial charge in [-0.2, -0.15) is 0 Å². The van der Waals surface area contributed by atoms with E-state index in [1.165, 1.54) is 11.1 Å². The predicted molar refractivity (Wildman–Crippen MR) is 104 cm³/mol. The SMILES string of the molecule is O=C(O)C=C(C(=O)O)c1cn2c(n1)C(=C1CCNCC1)c1ccccc1CC2. The first kappa shape index (κ1) is 18.2. The van der Waals surface area contributed by atoms with Gasteiger partial charge in [0.15, 0.2) is 0 Å². The first-order chi connectivity index (χ1) is 13.5. The van der Waals surface area contributed by atoms with E-state index in [1.807, 2.05) is 16.7 Å². The number of piperidine rings is 1. The van der Waals surface area contributed by atoms with E-state index in [-0.39, 0.29) is 11.3 Å². The molecule has 2 aliphatic rings. The van der Waals surface area contributed by atoms with Crippen LogP contribution >= 0.6 is 0 Å². The van der Waals surface area contributed by atoms with Gasteiger partial charge in [0.1, 0.15) is 5.82 Å². The van der Waals surface area contributed by atoms with E-state index in [2.05, 4.69) is 22.4 Å². The zero-order valence-electron chi connectivity index (χ0n) is 15.3. The van der Waals surface area contributed by atoms with Crippen molar-refractivity contribution < 1.29 is 19.8 Å². The Morgan fingerprint density at radius 3 is 2.57 bits per heavy atom. The van der Waals surface area contributed by atoms with E-state index in [1.54, 1.807) is 6.20 Å². The summed E-state index contributed by atoms with van der Waals surface area (Å²) in [5, 5.41) is 21.9. The highest BCUT2D eigenvalue weighted by molar-refractivity contribution is 6.18. The maximum Gasteiger partial charge on any atom is 0.338 e. The number of hydrogen-bond acceptors (Lipinski definition) is 4. The van der Waals surface area contributed by atoms with Gasteiger partial charge in [-0.1, -0.05) is 29.8 Å². The molecular weight excluding hydrogens is 358 g/mol. The number of carboxylic acid groups (broad SMARTS) is 2. The van der Waals surface area contributed by atoms with Crippen molar-refractivity contribution in [2.45, 2.75) is 25.8 Å². The number of aliphatic carboxylic acids is 2. The Balaban J connectivity index is 1.92. The molecule has 0 aliphatic carbocycles. The fourth-order valence-electron chi connectivity index (χ4n) is 3.96. The van der Waals surface area contributed by atoms with Crippen molar-refractivity contribution in [1.82, 2.24) is 14.9 Å². The van der Waals surface area contributed by atoms with Crippen molar-refractivity contribution in [3.63, 3.8) is 0 Å². The number of benzene rings is 1. The van der Waals surface area contributed by atoms with Crippen LogP contribution in [0.5, 0.6) is 0 Å². The van der Waals surface area contributed by atoms with Crippen molar-refractivity contribution >= 4 is 23.1 Å². The topological polar surface area (TPSA) is 104 Å². The molecule has 0 saturated carbocycles. The number of aromatic nitrogens is 2. The van der Waals surface area contributed by atoms with Gasteiger partial charge in [0.2, 0.25) is 0 Å². The second-order valence-electron chi connectivity index (χ2n) is 6.98. The van der Waals surface area contributed by atoms with Gasteiger partial charge in [0, 0.05) is 24.4 Å². The third kappa shape index (κ3) is 3.36.